The quantitative estimate of drug-likeness (QED) is 0.865. The maximum absolute atomic E-state index is 12.1. The summed E-state index contributed by atoms with van der Waals surface area (Å²) >= 11 is 3.41. The van der Waals surface area contributed by atoms with Gasteiger partial charge in [0, 0.05) is 16.7 Å². The van der Waals surface area contributed by atoms with Crippen LogP contribution in [0.15, 0.2) is 34.8 Å². The first-order valence-electron chi connectivity index (χ1n) is 6.74. The lowest BCUT2D eigenvalue weighted by Gasteiger charge is -2.07. The summed E-state index contributed by atoms with van der Waals surface area (Å²) in [5.41, 5.74) is 2.07. The second-order valence-corrected chi connectivity index (χ2v) is 5.62. The number of aromatic nitrogens is 2. The number of anilines is 2. The summed E-state index contributed by atoms with van der Waals surface area (Å²) in [6, 6.07) is 9.13. The summed E-state index contributed by atoms with van der Waals surface area (Å²) in [5, 5.41) is 13.8. The predicted octanol–water partition coefficient (Wildman–Crippen LogP) is 3.62. The Bertz CT molecular complexity index is 608. The summed E-state index contributed by atoms with van der Waals surface area (Å²) in [7, 11) is 0. The molecule has 0 fully saturated rings. The Morgan fingerprint density at radius 3 is 2.67 bits per heavy atom. The SMILES string of the molecule is CCCNc1ccc(C(=O)Nc2cc(C)cc(Br)c2)nn1. The van der Waals surface area contributed by atoms with Crippen molar-refractivity contribution in [3.63, 3.8) is 0 Å². The molecule has 5 nitrogen and oxygen atoms in total. The van der Waals surface area contributed by atoms with Crippen molar-refractivity contribution >= 4 is 33.3 Å². The molecule has 0 aliphatic carbocycles. The van der Waals surface area contributed by atoms with Crippen molar-refractivity contribution < 1.29 is 4.79 Å². The minimum atomic E-state index is -0.276. The number of aryl methyl sites for hydroxylation is 1. The molecule has 6 heteroatoms. The number of halogens is 1. The van der Waals surface area contributed by atoms with Gasteiger partial charge in [0.25, 0.3) is 5.91 Å². The van der Waals surface area contributed by atoms with Gasteiger partial charge in [-0.25, -0.2) is 0 Å². The maximum Gasteiger partial charge on any atom is 0.276 e. The van der Waals surface area contributed by atoms with Crippen molar-refractivity contribution in [2.75, 3.05) is 17.2 Å². The number of rotatable bonds is 5. The lowest BCUT2D eigenvalue weighted by molar-refractivity contribution is 0.102. The Labute approximate surface area is 132 Å². The zero-order valence-electron chi connectivity index (χ0n) is 12.0. The van der Waals surface area contributed by atoms with Gasteiger partial charge < -0.3 is 10.6 Å². The van der Waals surface area contributed by atoms with Crippen LogP contribution in [0.3, 0.4) is 0 Å². The van der Waals surface area contributed by atoms with Crippen molar-refractivity contribution in [1.29, 1.82) is 0 Å². The van der Waals surface area contributed by atoms with Gasteiger partial charge in [-0.2, -0.15) is 0 Å². The van der Waals surface area contributed by atoms with Gasteiger partial charge in [0.15, 0.2) is 5.69 Å². The minimum absolute atomic E-state index is 0.276. The molecule has 1 amide bonds. The summed E-state index contributed by atoms with van der Waals surface area (Å²) < 4.78 is 0.919. The fourth-order valence-corrected chi connectivity index (χ4v) is 2.41. The number of amides is 1. The van der Waals surface area contributed by atoms with Crippen molar-refractivity contribution in [1.82, 2.24) is 10.2 Å². The molecule has 2 aromatic rings. The molecule has 110 valence electrons. The molecule has 0 saturated carbocycles. The number of nitrogens with zero attached hydrogens (tertiary/aromatic N) is 2. The molecule has 0 unspecified atom stereocenters. The molecule has 1 aromatic heterocycles. The van der Waals surface area contributed by atoms with E-state index < -0.39 is 0 Å². The van der Waals surface area contributed by atoms with Crippen LogP contribution in [0.5, 0.6) is 0 Å². The number of hydrogen-bond donors (Lipinski definition) is 2. The predicted molar refractivity (Wildman–Crippen MR) is 87.6 cm³/mol. The van der Waals surface area contributed by atoms with E-state index in [1.807, 2.05) is 25.1 Å². The molecule has 0 saturated heterocycles. The topological polar surface area (TPSA) is 66.9 Å². The van der Waals surface area contributed by atoms with Gasteiger partial charge in [-0.1, -0.05) is 22.9 Å². The first-order chi connectivity index (χ1) is 10.1. The van der Waals surface area contributed by atoms with Gasteiger partial charge in [-0.3, -0.25) is 4.79 Å². The first-order valence-corrected chi connectivity index (χ1v) is 7.54. The van der Waals surface area contributed by atoms with E-state index in [-0.39, 0.29) is 11.6 Å². The highest BCUT2D eigenvalue weighted by molar-refractivity contribution is 9.10. The second kappa shape index (κ2) is 7.17. The van der Waals surface area contributed by atoms with E-state index in [0.29, 0.717) is 5.82 Å². The number of benzene rings is 1. The van der Waals surface area contributed by atoms with E-state index in [1.165, 1.54) is 0 Å². The van der Waals surface area contributed by atoms with Crippen LogP contribution >= 0.6 is 15.9 Å². The van der Waals surface area contributed by atoms with Gasteiger partial charge in [0.05, 0.1) is 0 Å². The fourth-order valence-electron chi connectivity index (χ4n) is 1.80. The molecule has 0 atom stereocenters. The van der Waals surface area contributed by atoms with Gasteiger partial charge >= 0.3 is 0 Å². The Kier molecular flexibility index (Phi) is 5.27. The van der Waals surface area contributed by atoms with E-state index >= 15 is 0 Å². The van der Waals surface area contributed by atoms with E-state index in [2.05, 4.69) is 43.7 Å². The molecule has 1 aromatic carbocycles. The van der Waals surface area contributed by atoms with E-state index in [4.69, 9.17) is 0 Å². The Balaban J connectivity index is 2.06. The van der Waals surface area contributed by atoms with Gasteiger partial charge in [-0.15, -0.1) is 10.2 Å². The van der Waals surface area contributed by atoms with Crippen LogP contribution in [0, 0.1) is 6.92 Å². The average Bonchev–Trinajstić information content (AvgIpc) is 2.44. The van der Waals surface area contributed by atoms with Crippen molar-refractivity contribution in [3.05, 3.63) is 46.1 Å². The van der Waals surface area contributed by atoms with Crippen LogP contribution in [0.25, 0.3) is 0 Å². The normalized spacial score (nSPS) is 10.2. The highest BCUT2D eigenvalue weighted by atomic mass is 79.9. The van der Waals surface area contributed by atoms with Crippen LogP contribution in [-0.2, 0) is 0 Å². The third-order valence-electron chi connectivity index (χ3n) is 2.75. The largest absolute Gasteiger partial charge is 0.369 e. The number of carbonyl (C=O) groups is 1. The zero-order valence-corrected chi connectivity index (χ0v) is 13.6. The number of nitrogens with one attached hydrogen (secondary N) is 2. The summed E-state index contributed by atoms with van der Waals surface area (Å²) in [5.74, 6) is 0.397. The zero-order chi connectivity index (χ0) is 15.2. The highest BCUT2D eigenvalue weighted by Crippen LogP contribution is 2.19. The standard InChI is InChI=1S/C15H17BrN4O/c1-3-6-17-14-5-4-13(19-20-14)15(21)18-12-8-10(2)7-11(16)9-12/h4-5,7-9H,3,6H2,1-2H3,(H,17,20)(H,18,21). The molecular formula is C15H17BrN4O. The molecule has 0 aliphatic heterocycles. The van der Waals surface area contributed by atoms with Gasteiger partial charge in [0.1, 0.15) is 5.82 Å². The summed E-state index contributed by atoms with van der Waals surface area (Å²) in [6.45, 7) is 4.87. The summed E-state index contributed by atoms with van der Waals surface area (Å²) in [4.78, 5) is 12.1. The molecule has 2 N–H and O–H groups in total. The first kappa shape index (κ1) is 15.4. The minimum Gasteiger partial charge on any atom is -0.369 e. The maximum atomic E-state index is 12.1. The van der Waals surface area contributed by atoms with Crippen LogP contribution in [0.2, 0.25) is 0 Å². The summed E-state index contributed by atoms with van der Waals surface area (Å²) in [6.07, 6.45) is 1.01. The van der Waals surface area contributed by atoms with E-state index in [9.17, 15) is 4.79 Å². The van der Waals surface area contributed by atoms with Crippen molar-refractivity contribution in [2.45, 2.75) is 20.3 Å². The molecule has 1 heterocycles. The molecular weight excluding hydrogens is 332 g/mol. The fraction of sp³-hybridized carbons (Fsp3) is 0.267. The highest BCUT2D eigenvalue weighted by Gasteiger charge is 2.09. The van der Waals surface area contributed by atoms with E-state index in [1.54, 1.807) is 12.1 Å². The Hall–Kier alpha value is -1.95. The molecule has 0 spiro atoms. The van der Waals surface area contributed by atoms with Crippen LogP contribution in [0.1, 0.15) is 29.4 Å². The second-order valence-electron chi connectivity index (χ2n) is 4.70. The van der Waals surface area contributed by atoms with E-state index in [0.717, 1.165) is 28.7 Å². The molecule has 2 rings (SSSR count). The average molecular weight is 349 g/mol. The van der Waals surface area contributed by atoms with Crippen molar-refractivity contribution in [2.24, 2.45) is 0 Å². The van der Waals surface area contributed by atoms with Gasteiger partial charge in [0.2, 0.25) is 0 Å². The Morgan fingerprint density at radius 2 is 2.05 bits per heavy atom. The van der Waals surface area contributed by atoms with Gasteiger partial charge in [-0.05, 0) is 49.2 Å². The molecule has 0 aliphatic rings. The number of carbonyl (C=O) groups excluding carboxylic acids is 1. The van der Waals surface area contributed by atoms with Crippen molar-refractivity contribution in [3.8, 4) is 0 Å². The Morgan fingerprint density at radius 1 is 1.24 bits per heavy atom. The van der Waals surface area contributed by atoms with Crippen LogP contribution < -0.4 is 10.6 Å². The monoisotopic (exact) mass is 348 g/mol. The van der Waals surface area contributed by atoms with Crippen LogP contribution in [0.4, 0.5) is 11.5 Å². The molecule has 21 heavy (non-hydrogen) atoms. The molecule has 0 radical (unpaired) electrons. The van der Waals surface area contributed by atoms with Crippen LogP contribution in [-0.4, -0.2) is 22.6 Å². The lowest BCUT2D eigenvalue weighted by Crippen LogP contribution is -2.15. The smallest absolute Gasteiger partial charge is 0.276 e. The third kappa shape index (κ3) is 4.53. The lowest BCUT2D eigenvalue weighted by atomic mass is 10.2. The molecule has 0 bridgehead atoms. The number of hydrogen-bond acceptors (Lipinski definition) is 4. The third-order valence-corrected chi connectivity index (χ3v) is 3.21.